The van der Waals surface area contributed by atoms with Crippen LogP contribution in [0.4, 0.5) is 18.9 Å². The summed E-state index contributed by atoms with van der Waals surface area (Å²) in [5.74, 6) is -0.956. The number of sulfone groups is 1. The molecule has 1 aliphatic heterocycles. The molecule has 1 aliphatic rings. The molecular weight excluding hydrogens is 419 g/mol. The molecule has 2 rings (SSSR count). The number of alkyl halides is 3. The number of nitrogens with zero attached hydrogens (tertiary/aromatic N) is 2. The van der Waals surface area contributed by atoms with Crippen LogP contribution in [-0.2, 0) is 20.8 Å². The minimum absolute atomic E-state index is 0.0289. The minimum atomic E-state index is -4.70. The first kappa shape index (κ1) is 22.0. The van der Waals surface area contributed by atoms with Crippen LogP contribution in [0.15, 0.2) is 30.0 Å². The number of amides is 1. The number of benzene rings is 1. The van der Waals surface area contributed by atoms with Gasteiger partial charge in [-0.1, -0.05) is 11.6 Å². The van der Waals surface area contributed by atoms with E-state index in [1.54, 1.807) is 17.9 Å². The summed E-state index contributed by atoms with van der Waals surface area (Å²) in [7, 11) is -3.16. The Kier molecular flexibility index (Phi) is 6.62. The Labute approximate surface area is 165 Å². The van der Waals surface area contributed by atoms with Crippen LogP contribution in [0.25, 0.3) is 0 Å². The topological polar surface area (TPSA) is 90.3 Å². The third kappa shape index (κ3) is 5.39. The molecule has 1 amide bonds. The maximum Gasteiger partial charge on any atom is 0.417 e. The molecule has 152 valence electrons. The van der Waals surface area contributed by atoms with Crippen molar-refractivity contribution in [1.82, 2.24) is 4.90 Å². The van der Waals surface area contributed by atoms with Gasteiger partial charge in [-0.05, 0) is 31.5 Å². The van der Waals surface area contributed by atoms with Crippen LogP contribution in [0.3, 0.4) is 0 Å². The van der Waals surface area contributed by atoms with Gasteiger partial charge in [-0.3, -0.25) is 4.79 Å². The standard InChI is InChI=1S/C17H17ClF3N3O3S/c1-2-24(13-5-6-28(26,27)10-13)9-11(8-22)16(25)23-12-3-4-15(18)14(7-12)17(19,20)21/h3-4,7,9,13H,2,5-6,10H2,1H3,(H,23,25)/b11-9-. The molecule has 1 heterocycles. The van der Waals surface area contributed by atoms with Crippen LogP contribution < -0.4 is 5.32 Å². The van der Waals surface area contributed by atoms with Crippen molar-refractivity contribution in [2.45, 2.75) is 25.6 Å². The van der Waals surface area contributed by atoms with Gasteiger partial charge in [0, 0.05) is 24.5 Å². The second-order valence-corrected chi connectivity index (χ2v) is 8.82. The van der Waals surface area contributed by atoms with Crippen molar-refractivity contribution in [1.29, 1.82) is 5.26 Å². The molecule has 0 spiro atoms. The monoisotopic (exact) mass is 435 g/mol. The number of carbonyl (C=O) groups excluding carboxylic acids is 1. The molecule has 1 N–H and O–H groups in total. The summed E-state index contributed by atoms with van der Waals surface area (Å²) in [6.07, 6.45) is -3.08. The fourth-order valence-corrected chi connectivity index (χ4v) is 4.78. The largest absolute Gasteiger partial charge is 0.417 e. The zero-order valence-corrected chi connectivity index (χ0v) is 16.3. The number of hydrogen-bond acceptors (Lipinski definition) is 5. The number of rotatable bonds is 5. The van der Waals surface area contributed by atoms with Crippen molar-refractivity contribution in [3.8, 4) is 6.07 Å². The number of nitriles is 1. The van der Waals surface area contributed by atoms with E-state index in [1.165, 1.54) is 12.3 Å². The van der Waals surface area contributed by atoms with E-state index in [4.69, 9.17) is 11.6 Å². The molecule has 11 heteroatoms. The lowest BCUT2D eigenvalue weighted by molar-refractivity contribution is -0.137. The zero-order valence-electron chi connectivity index (χ0n) is 14.8. The highest BCUT2D eigenvalue weighted by Gasteiger charge is 2.34. The van der Waals surface area contributed by atoms with Gasteiger partial charge in [0.25, 0.3) is 5.91 Å². The van der Waals surface area contributed by atoms with Crippen molar-refractivity contribution < 1.29 is 26.4 Å². The van der Waals surface area contributed by atoms with E-state index >= 15 is 0 Å². The van der Waals surface area contributed by atoms with Crippen LogP contribution in [0, 0.1) is 11.3 Å². The van der Waals surface area contributed by atoms with E-state index in [9.17, 15) is 31.6 Å². The maximum absolute atomic E-state index is 12.9. The van der Waals surface area contributed by atoms with Crippen LogP contribution in [-0.4, -0.2) is 43.3 Å². The summed E-state index contributed by atoms with van der Waals surface area (Å²) >= 11 is 5.54. The van der Waals surface area contributed by atoms with E-state index in [-0.39, 0.29) is 28.8 Å². The highest BCUT2D eigenvalue weighted by atomic mass is 35.5. The summed E-state index contributed by atoms with van der Waals surface area (Å²) in [5, 5.41) is 11.0. The van der Waals surface area contributed by atoms with E-state index in [0.717, 1.165) is 6.07 Å². The van der Waals surface area contributed by atoms with E-state index in [1.807, 2.05) is 0 Å². The molecule has 1 atom stereocenters. The maximum atomic E-state index is 12.9. The van der Waals surface area contributed by atoms with Crippen LogP contribution in [0.5, 0.6) is 0 Å². The van der Waals surface area contributed by atoms with Gasteiger partial charge >= 0.3 is 6.18 Å². The van der Waals surface area contributed by atoms with Gasteiger partial charge in [-0.25, -0.2) is 8.42 Å². The number of nitrogens with one attached hydrogen (secondary N) is 1. The number of carbonyl (C=O) groups is 1. The van der Waals surface area contributed by atoms with Crippen LogP contribution in [0.1, 0.15) is 18.9 Å². The molecule has 0 bridgehead atoms. The fraction of sp³-hybridized carbons (Fsp3) is 0.412. The molecule has 0 aromatic heterocycles. The third-order valence-corrected chi connectivity index (χ3v) is 6.31. The molecule has 0 radical (unpaired) electrons. The lowest BCUT2D eigenvalue weighted by Crippen LogP contribution is -2.32. The molecule has 1 aromatic rings. The summed E-state index contributed by atoms with van der Waals surface area (Å²) in [5.41, 5.74) is -1.63. The Hall–Kier alpha value is -2.25. The van der Waals surface area contributed by atoms with Gasteiger partial charge in [-0.2, -0.15) is 18.4 Å². The summed E-state index contributed by atoms with van der Waals surface area (Å²) in [6, 6.07) is 4.20. The quantitative estimate of drug-likeness (QED) is 0.566. The third-order valence-electron chi connectivity index (χ3n) is 4.23. The molecular formula is C17H17ClF3N3O3S. The average Bonchev–Trinajstić information content (AvgIpc) is 2.96. The Bertz CT molecular complexity index is 939. The van der Waals surface area contributed by atoms with E-state index < -0.39 is 32.5 Å². The minimum Gasteiger partial charge on any atom is -0.372 e. The van der Waals surface area contributed by atoms with Crippen molar-refractivity contribution in [3.63, 3.8) is 0 Å². The van der Waals surface area contributed by atoms with Gasteiger partial charge in [-0.15, -0.1) is 0 Å². The highest BCUT2D eigenvalue weighted by molar-refractivity contribution is 7.91. The van der Waals surface area contributed by atoms with E-state index in [2.05, 4.69) is 5.32 Å². The smallest absolute Gasteiger partial charge is 0.372 e. The Morgan fingerprint density at radius 2 is 2.14 bits per heavy atom. The Morgan fingerprint density at radius 1 is 1.46 bits per heavy atom. The number of halogens is 4. The average molecular weight is 436 g/mol. The van der Waals surface area contributed by atoms with Gasteiger partial charge in [0.1, 0.15) is 11.6 Å². The van der Waals surface area contributed by atoms with Crippen molar-refractivity contribution in [2.24, 2.45) is 0 Å². The number of anilines is 1. The molecule has 28 heavy (non-hydrogen) atoms. The van der Waals surface area contributed by atoms with Gasteiger partial charge in [0.15, 0.2) is 9.84 Å². The molecule has 1 fully saturated rings. The summed E-state index contributed by atoms with van der Waals surface area (Å²) < 4.78 is 62.1. The van der Waals surface area contributed by atoms with Gasteiger partial charge < -0.3 is 10.2 Å². The predicted molar refractivity (Wildman–Crippen MR) is 98.2 cm³/mol. The number of hydrogen-bond donors (Lipinski definition) is 1. The van der Waals surface area contributed by atoms with Gasteiger partial charge in [0.05, 0.1) is 22.1 Å². The summed E-state index contributed by atoms with van der Waals surface area (Å²) in [4.78, 5) is 13.9. The van der Waals surface area contributed by atoms with Crippen molar-refractivity contribution >= 4 is 33.0 Å². The highest BCUT2D eigenvalue weighted by Crippen LogP contribution is 2.36. The van der Waals surface area contributed by atoms with Crippen LogP contribution >= 0.6 is 11.6 Å². The molecule has 6 nitrogen and oxygen atoms in total. The predicted octanol–water partition coefficient (Wildman–Crippen LogP) is 3.21. The first-order valence-electron chi connectivity index (χ1n) is 8.23. The lowest BCUT2D eigenvalue weighted by Gasteiger charge is -2.25. The fourth-order valence-electron chi connectivity index (χ4n) is 2.81. The first-order chi connectivity index (χ1) is 13.0. The summed E-state index contributed by atoms with van der Waals surface area (Å²) in [6.45, 7) is 2.10. The van der Waals surface area contributed by atoms with Crippen LogP contribution in [0.2, 0.25) is 5.02 Å². The Morgan fingerprint density at radius 3 is 2.64 bits per heavy atom. The molecule has 1 unspecified atom stereocenters. The lowest BCUT2D eigenvalue weighted by atomic mass is 10.1. The van der Waals surface area contributed by atoms with E-state index in [0.29, 0.717) is 19.0 Å². The van der Waals surface area contributed by atoms with Gasteiger partial charge in [0.2, 0.25) is 0 Å². The molecule has 1 aromatic carbocycles. The molecule has 1 saturated heterocycles. The van der Waals surface area contributed by atoms with Crippen molar-refractivity contribution in [3.05, 3.63) is 40.6 Å². The normalized spacial score (nSPS) is 19.1. The van der Waals surface area contributed by atoms with Crippen molar-refractivity contribution in [2.75, 3.05) is 23.4 Å². The molecule has 0 aliphatic carbocycles. The second kappa shape index (κ2) is 8.41. The molecule has 0 saturated carbocycles. The first-order valence-corrected chi connectivity index (χ1v) is 10.4. The SMILES string of the molecule is CCN(/C=C(/C#N)C(=O)Nc1ccc(Cl)c(C(F)(F)F)c1)C1CCS(=O)(=O)C1. The Balaban J connectivity index is 2.22. The zero-order chi connectivity index (χ0) is 21.1. The second-order valence-electron chi connectivity index (χ2n) is 6.19.